The van der Waals surface area contributed by atoms with E-state index in [0.717, 1.165) is 5.56 Å². The summed E-state index contributed by atoms with van der Waals surface area (Å²) < 4.78 is 26.4. The third-order valence-corrected chi connectivity index (χ3v) is 4.88. The van der Waals surface area contributed by atoms with Crippen LogP contribution in [0.15, 0.2) is 29.4 Å². The number of H-pyrrole nitrogens is 1. The van der Waals surface area contributed by atoms with Gasteiger partial charge in [-0.15, -0.1) is 0 Å². The van der Waals surface area contributed by atoms with E-state index in [-0.39, 0.29) is 11.4 Å². The molecule has 1 aromatic heterocycles. The summed E-state index contributed by atoms with van der Waals surface area (Å²) >= 11 is 0. The molecule has 1 heterocycles. The second-order valence-corrected chi connectivity index (χ2v) is 6.43. The fourth-order valence-corrected chi connectivity index (χ4v) is 3.33. The molecule has 0 saturated carbocycles. The van der Waals surface area contributed by atoms with Crippen LogP contribution in [0.5, 0.6) is 0 Å². The summed E-state index contributed by atoms with van der Waals surface area (Å²) in [6.45, 7) is 2.03. The summed E-state index contributed by atoms with van der Waals surface area (Å²) in [5, 5.41) is 6.34. The van der Waals surface area contributed by atoms with Gasteiger partial charge in [0, 0.05) is 12.7 Å². The Kier molecular flexibility index (Phi) is 4.05. The van der Waals surface area contributed by atoms with Crippen LogP contribution in [0.25, 0.3) is 0 Å². The predicted molar refractivity (Wildman–Crippen MR) is 75.3 cm³/mol. The van der Waals surface area contributed by atoms with Gasteiger partial charge in [0.15, 0.2) is 0 Å². The molecule has 0 spiro atoms. The van der Waals surface area contributed by atoms with Crippen molar-refractivity contribution in [1.82, 2.24) is 19.5 Å². The molecule has 108 valence electrons. The molecule has 0 fully saturated rings. The van der Waals surface area contributed by atoms with Gasteiger partial charge in [0.25, 0.3) is 0 Å². The molecule has 20 heavy (non-hydrogen) atoms. The minimum atomic E-state index is -3.61. The van der Waals surface area contributed by atoms with Crippen molar-refractivity contribution in [3.05, 3.63) is 35.9 Å². The second-order valence-electron chi connectivity index (χ2n) is 4.41. The molecular weight excluding hydrogens is 278 g/mol. The number of rotatable bonds is 5. The van der Waals surface area contributed by atoms with Crippen LogP contribution in [-0.2, 0) is 23.0 Å². The molecule has 1 aromatic carbocycles. The Balaban J connectivity index is 2.36. The number of nitrogen functional groups attached to an aromatic ring is 1. The molecule has 0 radical (unpaired) electrons. The highest BCUT2D eigenvalue weighted by Crippen LogP contribution is 2.23. The molecule has 0 atom stereocenters. The lowest BCUT2D eigenvalue weighted by molar-refractivity contribution is 0.456. The van der Waals surface area contributed by atoms with E-state index in [2.05, 4.69) is 15.2 Å². The molecule has 8 heteroatoms. The van der Waals surface area contributed by atoms with Crippen LogP contribution in [-0.4, -0.2) is 35.0 Å². The standard InChI is InChI=1S/C12H17N5O2S/c1-3-9-4-5-10(13)6-11(9)20(18,19)17(2)7-12-14-8-15-16-12/h4-6,8H,3,7,13H2,1-2H3,(H,14,15,16). The van der Waals surface area contributed by atoms with Crippen molar-refractivity contribution >= 4 is 15.7 Å². The van der Waals surface area contributed by atoms with Gasteiger partial charge in [0.05, 0.1) is 11.4 Å². The Morgan fingerprint density at radius 2 is 2.15 bits per heavy atom. The maximum atomic E-state index is 12.6. The van der Waals surface area contributed by atoms with Crippen molar-refractivity contribution in [1.29, 1.82) is 0 Å². The largest absolute Gasteiger partial charge is 0.399 e. The van der Waals surface area contributed by atoms with Gasteiger partial charge in [0.1, 0.15) is 12.2 Å². The number of anilines is 1. The van der Waals surface area contributed by atoms with Crippen LogP contribution in [0, 0.1) is 0 Å². The fourth-order valence-electron chi connectivity index (χ4n) is 1.87. The second kappa shape index (κ2) is 5.59. The lowest BCUT2D eigenvalue weighted by Crippen LogP contribution is -2.28. The van der Waals surface area contributed by atoms with E-state index in [1.807, 2.05) is 6.92 Å². The number of nitrogens with one attached hydrogen (secondary N) is 1. The predicted octanol–water partition coefficient (Wildman–Crippen LogP) is 0.770. The van der Waals surface area contributed by atoms with Gasteiger partial charge >= 0.3 is 0 Å². The van der Waals surface area contributed by atoms with Crippen molar-refractivity contribution in [3.63, 3.8) is 0 Å². The number of sulfonamides is 1. The van der Waals surface area contributed by atoms with E-state index in [9.17, 15) is 8.42 Å². The normalized spacial score (nSPS) is 11.9. The summed E-state index contributed by atoms with van der Waals surface area (Å²) in [6, 6.07) is 4.93. The van der Waals surface area contributed by atoms with Gasteiger partial charge in [-0.3, -0.25) is 5.10 Å². The SMILES string of the molecule is CCc1ccc(N)cc1S(=O)(=O)N(C)Cc1ncn[nH]1. The molecule has 2 aromatic rings. The van der Waals surface area contributed by atoms with Crippen LogP contribution in [0.4, 0.5) is 5.69 Å². The third kappa shape index (κ3) is 2.81. The number of benzene rings is 1. The average Bonchev–Trinajstić information content (AvgIpc) is 2.91. The van der Waals surface area contributed by atoms with Gasteiger partial charge in [-0.2, -0.15) is 9.40 Å². The molecule has 0 unspecified atom stereocenters. The smallest absolute Gasteiger partial charge is 0.243 e. The Morgan fingerprint density at radius 3 is 2.75 bits per heavy atom. The summed E-state index contributed by atoms with van der Waals surface area (Å²) in [5.41, 5.74) is 6.87. The minimum Gasteiger partial charge on any atom is -0.399 e. The summed E-state index contributed by atoms with van der Waals surface area (Å²) in [4.78, 5) is 4.16. The highest BCUT2D eigenvalue weighted by atomic mass is 32.2. The Labute approximate surface area is 117 Å². The van der Waals surface area contributed by atoms with Crippen molar-refractivity contribution in [2.75, 3.05) is 12.8 Å². The molecule has 0 aliphatic rings. The Morgan fingerprint density at radius 1 is 1.40 bits per heavy atom. The molecule has 0 amide bonds. The monoisotopic (exact) mass is 295 g/mol. The first-order chi connectivity index (χ1) is 9.45. The van der Waals surface area contributed by atoms with Crippen molar-refractivity contribution in [2.24, 2.45) is 0 Å². The lowest BCUT2D eigenvalue weighted by Gasteiger charge is -2.18. The van der Waals surface area contributed by atoms with Crippen LogP contribution in [0.2, 0.25) is 0 Å². The molecule has 7 nitrogen and oxygen atoms in total. The van der Waals surface area contributed by atoms with Crippen LogP contribution in [0.3, 0.4) is 0 Å². The van der Waals surface area contributed by atoms with Crippen LogP contribution >= 0.6 is 0 Å². The minimum absolute atomic E-state index is 0.125. The quantitative estimate of drug-likeness (QED) is 0.793. The van der Waals surface area contributed by atoms with E-state index >= 15 is 0 Å². The van der Waals surface area contributed by atoms with Gasteiger partial charge in [-0.25, -0.2) is 13.4 Å². The van der Waals surface area contributed by atoms with Gasteiger partial charge in [-0.05, 0) is 24.1 Å². The lowest BCUT2D eigenvalue weighted by atomic mass is 10.1. The molecule has 0 aliphatic carbocycles. The first-order valence-corrected chi connectivity index (χ1v) is 7.58. The van der Waals surface area contributed by atoms with Crippen LogP contribution < -0.4 is 5.73 Å². The first-order valence-electron chi connectivity index (χ1n) is 6.14. The van der Waals surface area contributed by atoms with Gasteiger partial charge in [0.2, 0.25) is 10.0 Å². The Bertz CT molecular complexity index is 682. The zero-order valence-electron chi connectivity index (χ0n) is 11.4. The Hall–Kier alpha value is -1.93. The summed E-state index contributed by atoms with van der Waals surface area (Å²) in [6.07, 6.45) is 1.96. The molecular formula is C12H17N5O2S. The molecule has 3 N–H and O–H groups in total. The summed E-state index contributed by atoms with van der Waals surface area (Å²) in [7, 11) is -2.11. The van der Waals surface area contributed by atoms with E-state index in [1.165, 1.54) is 23.7 Å². The number of nitrogens with two attached hydrogens (primary N) is 1. The number of hydrogen-bond acceptors (Lipinski definition) is 5. The molecule has 0 aliphatic heterocycles. The number of aromatic amines is 1. The molecule has 2 rings (SSSR count). The number of aryl methyl sites for hydroxylation is 1. The molecule has 0 bridgehead atoms. The highest BCUT2D eigenvalue weighted by Gasteiger charge is 2.24. The van der Waals surface area contributed by atoms with E-state index in [4.69, 9.17) is 5.73 Å². The zero-order chi connectivity index (χ0) is 14.8. The number of nitrogens with zero attached hydrogens (tertiary/aromatic N) is 3. The van der Waals surface area contributed by atoms with Gasteiger partial charge < -0.3 is 5.73 Å². The topological polar surface area (TPSA) is 105 Å². The number of aromatic nitrogens is 3. The highest BCUT2D eigenvalue weighted by molar-refractivity contribution is 7.89. The zero-order valence-corrected chi connectivity index (χ0v) is 12.2. The third-order valence-electron chi connectivity index (χ3n) is 3.00. The van der Waals surface area contributed by atoms with E-state index in [0.29, 0.717) is 17.9 Å². The van der Waals surface area contributed by atoms with E-state index in [1.54, 1.807) is 12.1 Å². The van der Waals surface area contributed by atoms with Crippen LogP contribution in [0.1, 0.15) is 18.3 Å². The van der Waals surface area contributed by atoms with Crippen molar-refractivity contribution in [3.8, 4) is 0 Å². The maximum absolute atomic E-state index is 12.6. The van der Waals surface area contributed by atoms with Crippen molar-refractivity contribution in [2.45, 2.75) is 24.8 Å². The summed E-state index contributed by atoms with van der Waals surface area (Å²) in [5.74, 6) is 0.484. The van der Waals surface area contributed by atoms with Crippen molar-refractivity contribution < 1.29 is 8.42 Å². The van der Waals surface area contributed by atoms with Gasteiger partial charge in [-0.1, -0.05) is 13.0 Å². The first kappa shape index (κ1) is 14.5. The maximum Gasteiger partial charge on any atom is 0.243 e. The average molecular weight is 295 g/mol. The fraction of sp³-hybridized carbons (Fsp3) is 0.333. The molecule has 0 saturated heterocycles. The number of hydrogen-bond donors (Lipinski definition) is 2. The van der Waals surface area contributed by atoms with E-state index < -0.39 is 10.0 Å².